The Morgan fingerprint density at radius 2 is 1.63 bits per heavy atom. The summed E-state index contributed by atoms with van der Waals surface area (Å²) < 4.78 is 14.0. The van der Waals surface area contributed by atoms with Crippen LogP contribution in [0.1, 0.15) is 12.0 Å². The highest BCUT2D eigenvalue weighted by molar-refractivity contribution is 8.14. The SMILES string of the molecule is O=C(CSC1=Nc2ccccc2C2=N[C@@H](CC(=O)N3CCN(c4ccccc4)CC3)C(=O)N12)Nc1ccccc1F. The summed E-state index contributed by atoms with van der Waals surface area (Å²) in [6.07, 6.45) is -0.0436. The van der Waals surface area contributed by atoms with E-state index in [2.05, 4.69) is 32.3 Å². The average Bonchev–Trinajstić information content (AvgIpc) is 3.33. The third-order valence-electron chi connectivity index (χ3n) is 7.15. The van der Waals surface area contributed by atoms with E-state index in [1.54, 1.807) is 17.0 Å². The first-order chi connectivity index (χ1) is 20.0. The largest absolute Gasteiger partial charge is 0.368 e. The fraction of sp³-hybridized carbons (Fsp3) is 0.233. The predicted octanol–water partition coefficient (Wildman–Crippen LogP) is 3.90. The molecule has 0 saturated carbocycles. The minimum absolute atomic E-state index is 0.0436. The lowest BCUT2D eigenvalue weighted by molar-refractivity contribution is -0.135. The molecule has 0 aliphatic carbocycles. The molecule has 1 N–H and O–H groups in total. The van der Waals surface area contributed by atoms with Crippen molar-refractivity contribution < 1.29 is 18.8 Å². The van der Waals surface area contributed by atoms with Crippen molar-refractivity contribution in [3.63, 3.8) is 0 Å². The summed E-state index contributed by atoms with van der Waals surface area (Å²) in [5.41, 5.74) is 2.51. The summed E-state index contributed by atoms with van der Waals surface area (Å²) in [5, 5.41) is 2.84. The van der Waals surface area contributed by atoms with Crippen LogP contribution < -0.4 is 10.2 Å². The first-order valence-electron chi connectivity index (χ1n) is 13.3. The Morgan fingerprint density at radius 3 is 2.41 bits per heavy atom. The standard InChI is InChI=1S/C30H27FN6O3S/c31-22-11-5-7-13-24(22)32-26(38)19-41-30-34-23-12-6-4-10-21(23)28-33-25(29(40)37(28)30)18-27(39)36-16-14-35(15-17-36)20-8-2-1-3-9-20/h1-13,25H,14-19H2,(H,32,38)/t25-/m0/s1. The third kappa shape index (κ3) is 5.58. The van der Waals surface area contributed by atoms with Gasteiger partial charge in [-0.1, -0.05) is 54.2 Å². The van der Waals surface area contributed by atoms with Crippen molar-refractivity contribution in [1.82, 2.24) is 9.80 Å². The molecule has 3 amide bonds. The Hall–Kier alpha value is -4.51. The predicted molar refractivity (Wildman–Crippen MR) is 158 cm³/mol. The molecule has 3 aromatic carbocycles. The molecule has 3 heterocycles. The number of piperazine rings is 1. The fourth-order valence-corrected chi connectivity index (χ4v) is 5.86. The molecule has 1 saturated heterocycles. The van der Waals surface area contributed by atoms with Gasteiger partial charge in [0.15, 0.2) is 5.17 Å². The van der Waals surface area contributed by atoms with Crippen LogP contribution in [0.25, 0.3) is 0 Å². The van der Waals surface area contributed by atoms with E-state index in [-0.39, 0.29) is 29.7 Å². The molecule has 3 aliphatic heterocycles. The van der Waals surface area contributed by atoms with Gasteiger partial charge in [0.25, 0.3) is 5.91 Å². The maximum absolute atomic E-state index is 14.0. The van der Waals surface area contributed by atoms with Crippen LogP contribution >= 0.6 is 11.8 Å². The number of benzene rings is 3. The minimum Gasteiger partial charge on any atom is -0.368 e. The zero-order chi connectivity index (χ0) is 28.3. The van der Waals surface area contributed by atoms with Crippen molar-refractivity contribution in [3.8, 4) is 0 Å². The second kappa shape index (κ2) is 11.5. The van der Waals surface area contributed by atoms with Crippen molar-refractivity contribution in [3.05, 3.63) is 90.2 Å². The van der Waals surface area contributed by atoms with Crippen LogP contribution in [0.2, 0.25) is 0 Å². The normalized spacial score (nSPS) is 17.9. The molecular weight excluding hydrogens is 543 g/mol. The number of amidine groups is 2. The molecule has 0 spiro atoms. The van der Waals surface area contributed by atoms with Gasteiger partial charge in [-0.25, -0.2) is 14.3 Å². The summed E-state index contributed by atoms with van der Waals surface area (Å²) in [7, 11) is 0. The highest BCUT2D eigenvalue weighted by Gasteiger charge is 2.42. The molecule has 6 rings (SSSR count). The lowest BCUT2D eigenvalue weighted by Gasteiger charge is -2.36. The van der Waals surface area contributed by atoms with Gasteiger partial charge in [-0.05, 0) is 36.4 Å². The molecule has 3 aromatic rings. The maximum Gasteiger partial charge on any atom is 0.259 e. The van der Waals surface area contributed by atoms with Crippen LogP contribution in [0.5, 0.6) is 0 Å². The summed E-state index contributed by atoms with van der Waals surface area (Å²) >= 11 is 1.06. The van der Waals surface area contributed by atoms with Crippen molar-refractivity contribution in [1.29, 1.82) is 0 Å². The molecule has 11 heteroatoms. The molecule has 41 heavy (non-hydrogen) atoms. The molecule has 3 aliphatic rings. The van der Waals surface area contributed by atoms with E-state index in [4.69, 9.17) is 0 Å². The fourth-order valence-electron chi connectivity index (χ4n) is 5.06. The highest BCUT2D eigenvalue weighted by Crippen LogP contribution is 2.34. The number of nitrogens with zero attached hydrogens (tertiary/aromatic N) is 5. The Morgan fingerprint density at radius 1 is 0.927 bits per heavy atom. The lowest BCUT2D eigenvalue weighted by atomic mass is 10.1. The average molecular weight is 571 g/mol. The van der Waals surface area contributed by atoms with E-state index < -0.39 is 17.8 Å². The number of para-hydroxylation sites is 3. The zero-order valence-electron chi connectivity index (χ0n) is 22.1. The monoisotopic (exact) mass is 570 g/mol. The third-order valence-corrected chi connectivity index (χ3v) is 8.09. The Kier molecular flexibility index (Phi) is 7.51. The van der Waals surface area contributed by atoms with Crippen LogP contribution in [0.4, 0.5) is 21.5 Å². The van der Waals surface area contributed by atoms with Gasteiger partial charge in [0.1, 0.15) is 17.7 Å². The molecule has 208 valence electrons. The molecule has 0 aromatic heterocycles. The van der Waals surface area contributed by atoms with E-state index in [1.807, 2.05) is 42.5 Å². The van der Waals surface area contributed by atoms with E-state index in [9.17, 15) is 18.8 Å². The quantitative estimate of drug-likeness (QED) is 0.485. The Labute approximate surface area is 240 Å². The van der Waals surface area contributed by atoms with Crippen molar-refractivity contribution in [2.24, 2.45) is 9.98 Å². The Bertz CT molecular complexity index is 1550. The van der Waals surface area contributed by atoms with Crippen LogP contribution in [0, 0.1) is 5.82 Å². The van der Waals surface area contributed by atoms with Gasteiger partial charge >= 0.3 is 0 Å². The molecule has 0 unspecified atom stereocenters. The number of hydrogen-bond acceptors (Lipinski definition) is 7. The number of thioether (sulfide) groups is 1. The second-order valence-electron chi connectivity index (χ2n) is 9.78. The number of carbonyl (C=O) groups is 3. The number of aliphatic imine (C=N–C) groups is 2. The number of halogens is 1. The number of amides is 3. The lowest BCUT2D eigenvalue weighted by Crippen LogP contribution is -2.49. The van der Waals surface area contributed by atoms with E-state index in [1.165, 1.54) is 17.0 Å². The molecule has 1 fully saturated rings. The summed E-state index contributed by atoms with van der Waals surface area (Å²) in [5.74, 6) is -1.12. The highest BCUT2D eigenvalue weighted by atomic mass is 32.2. The van der Waals surface area contributed by atoms with Gasteiger partial charge in [-0.15, -0.1) is 0 Å². The van der Waals surface area contributed by atoms with Crippen LogP contribution in [-0.4, -0.2) is 76.5 Å². The smallest absolute Gasteiger partial charge is 0.259 e. The first kappa shape index (κ1) is 26.7. The van der Waals surface area contributed by atoms with Gasteiger partial charge in [0.05, 0.1) is 23.5 Å². The van der Waals surface area contributed by atoms with Crippen LogP contribution in [0.15, 0.2) is 88.8 Å². The van der Waals surface area contributed by atoms with E-state index >= 15 is 0 Å². The first-order valence-corrected chi connectivity index (χ1v) is 14.3. The number of rotatable bonds is 6. The number of hydrogen-bond donors (Lipinski definition) is 1. The molecule has 0 bridgehead atoms. The molecule has 0 radical (unpaired) electrons. The topological polar surface area (TPSA) is 97.7 Å². The van der Waals surface area contributed by atoms with E-state index in [0.29, 0.717) is 48.4 Å². The second-order valence-corrected chi connectivity index (χ2v) is 10.7. The van der Waals surface area contributed by atoms with Gasteiger partial charge in [0.2, 0.25) is 11.8 Å². The van der Waals surface area contributed by atoms with Crippen LogP contribution in [-0.2, 0) is 14.4 Å². The van der Waals surface area contributed by atoms with Gasteiger partial charge < -0.3 is 15.1 Å². The van der Waals surface area contributed by atoms with Crippen molar-refractivity contribution >= 4 is 57.5 Å². The van der Waals surface area contributed by atoms with Crippen LogP contribution in [0.3, 0.4) is 0 Å². The molecule has 1 atom stereocenters. The molecular formula is C30H27FN6O3S. The van der Waals surface area contributed by atoms with Crippen molar-refractivity contribution in [2.45, 2.75) is 12.5 Å². The van der Waals surface area contributed by atoms with Gasteiger partial charge in [0, 0.05) is 37.4 Å². The summed E-state index contributed by atoms with van der Waals surface area (Å²) in [4.78, 5) is 54.1. The zero-order valence-corrected chi connectivity index (χ0v) is 22.9. The number of carbonyl (C=O) groups excluding carboxylic acids is 3. The molecule has 9 nitrogen and oxygen atoms in total. The van der Waals surface area contributed by atoms with Gasteiger partial charge in [-0.3, -0.25) is 19.4 Å². The Balaban J connectivity index is 1.13. The maximum atomic E-state index is 14.0. The van der Waals surface area contributed by atoms with Crippen molar-refractivity contribution in [2.75, 3.05) is 42.1 Å². The summed E-state index contributed by atoms with van der Waals surface area (Å²) in [6.45, 7) is 2.56. The number of anilines is 2. The minimum atomic E-state index is -0.881. The summed E-state index contributed by atoms with van der Waals surface area (Å²) in [6, 6.07) is 22.4. The number of nitrogens with one attached hydrogen (secondary N) is 1. The number of fused-ring (bicyclic) bond motifs is 3. The van der Waals surface area contributed by atoms with E-state index in [0.717, 1.165) is 17.4 Å². The van der Waals surface area contributed by atoms with Gasteiger partial charge in [-0.2, -0.15) is 0 Å².